The van der Waals surface area contributed by atoms with Crippen LogP contribution in [0.1, 0.15) is 92.8 Å². The maximum absolute atomic E-state index is 14.0. The van der Waals surface area contributed by atoms with Crippen LogP contribution in [0.4, 0.5) is 11.8 Å². The van der Waals surface area contributed by atoms with Gasteiger partial charge in [0.25, 0.3) is 0 Å². The molecule has 0 radical (unpaired) electrons. The molecule has 8 nitrogen and oxygen atoms in total. The van der Waals surface area contributed by atoms with Crippen molar-refractivity contribution >= 4 is 45.3 Å². The lowest BCUT2D eigenvalue weighted by molar-refractivity contribution is -0.122. The number of Topliss-reactive ketones (excluding diaryl/α,β-unsaturated/α-hetero) is 1. The zero-order valence-corrected chi connectivity index (χ0v) is 29.8. The van der Waals surface area contributed by atoms with Gasteiger partial charge in [0.05, 0.1) is 11.4 Å². The number of nitrogens with one attached hydrogen (secondary N) is 3. The second-order valence-electron chi connectivity index (χ2n) is 14.8. The van der Waals surface area contributed by atoms with Crippen molar-refractivity contribution in [2.45, 2.75) is 83.6 Å². The van der Waals surface area contributed by atoms with E-state index in [4.69, 9.17) is 9.97 Å². The van der Waals surface area contributed by atoms with E-state index in [0.717, 1.165) is 65.3 Å². The van der Waals surface area contributed by atoms with Gasteiger partial charge in [-0.05, 0) is 72.3 Å². The number of nitrogens with zero attached hydrogens (tertiary/aromatic N) is 3. The number of hydrogen-bond acceptors (Lipinski definition) is 6. The minimum absolute atomic E-state index is 0.0000479. The summed E-state index contributed by atoms with van der Waals surface area (Å²) in [6.45, 7) is 9.21. The molecule has 0 bridgehead atoms. The van der Waals surface area contributed by atoms with Crippen LogP contribution in [0.15, 0.2) is 72.9 Å². The molecule has 1 fully saturated rings. The number of aromatic amines is 1. The molecule has 6 rings (SSSR count). The molecular weight excluding hydrogens is 608 g/mol. The van der Waals surface area contributed by atoms with E-state index in [1.54, 1.807) is 0 Å². The highest BCUT2D eigenvalue weighted by Gasteiger charge is 2.29. The van der Waals surface area contributed by atoms with Crippen molar-refractivity contribution in [2.24, 2.45) is 5.92 Å². The summed E-state index contributed by atoms with van der Waals surface area (Å²) >= 11 is 0. The summed E-state index contributed by atoms with van der Waals surface area (Å²) in [5.41, 5.74) is 5.86. The molecule has 1 atom stereocenters. The van der Waals surface area contributed by atoms with Gasteiger partial charge in [0.15, 0.2) is 5.78 Å². The highest BCUT2D eigenvalue weighted by Crippen LogP contribution is 2.33. The third kappa shape index (κ3) is 7.64. The number of fused-ring (bicyclic) bond motifs is 2. The molecule has 1 aliphatic rings. The molecule has 8 heteroatoms. The number of hydrogen-bond donors (Lipinski definition) is 3. The molecule has 3 aromatic carbocycles. The fourth-order valence-corrected chi connectivity index (χ4v) is 7.15. The molecule has 5 aromatic rings. The van der Waals surface area contributed by atoms with Gasteiger partial charge in [-0.1, -0.05) is 82.3 Å². The van der Waals surface area contributed by atoms with Crippen molar-refractivity contribution in [3.8, 4) is 0 Å². The summed E-state index contributed by atoms with van der Waals surface area (Å²) in [5.74, 6) is 1.22. The van der Waals surface area contributed by atoms with Crippen LogP contribution in [0.5, 0.6) is 0 Å². The minimum Gasteiger partial charge on any atom is -0.362 e. The Morgan fingerprint density at radius 3 is 2.33 bits per heavy atom. The fraction of sp³-hybridized carbons (Fsp3) is 0.415. The second kappa shape index (κ2) is 14.4. The number of H-pyrrole nitrogens is 1. The lowest BCUT2D eigenvalue weighted by atomic mass is 9.85. The van der Waals surface area contributed by atoms with Crippen molar-refractivity contribution in [3.63, 3.8) is 0 Å². The molecule has 0 spiro atoms. The Labute approximate surface area is 290 Å². The lowest BCUT2D eigenvalue weighted by Crippen LogP contribution is -2.37. The van der Waals surface area contributed by atoms with Crippen LogP contribution < -0.4 is 15.5 Å². The van der Waals surface area contributed by atoms with Gasteiger partial charge in [-0.3, -0.25) is 9.59 Å². The zero-order valence-electron chi connectivity index (χ0n) is 29.8. The van der Waals surface area contributed by atoms with Crippen molar-refractivity contribution in [3.05, 3.63) is 95.2 Å². The summed E-state index contributed by atoms with van der Waals surface area (Å²) in [7, 11) is 4.01. The molecule has 0 saturated heterocycles. The summed E-state index contributed by atoms with van der Waals surface area (Å²) < 4.78 is 0. The van der Waals surface area contributed by atoms with Crippen LogP contribution in [0, 0.1) is 5.92 Å². The van der Waals surface area contributed by atoms with Gasteiger partial charge in [0.2, 0.25) is 11.9 Å². The first-order valence-electron chi connectivity index (χ1n) is 17.7. The zero-order chi connectivity index (χ0) is 34.7. The van der Waals surface area contributed by atoms with Crippen molar-refractivity contribution in [1.82, 2.24) is 20.3 Å². The van der Waals surface area contributed by atoms with Gasteiger partial charge < -0.3 is 20.5 Å². The van der Waals surface area contributed by atoms with Crippen LogP contribution in [0.3, 0.4) is 0 Å². The molecule has 1 unspecified atom stereocenters. The maximum atomic E-state index is 14.0. The molecule has 3 N–H and O–H groups in total. The van der Waals surface area contributed by atoms with Crippen LogP contribution in [-0.2, 0) is 16.6 Å². The van der Waals surface area contributed by atoms with E-state index < -0.39 is 5.92 Å². The number of rotatable bonds is 11. The van der Waals surface area contributed by atoms with Crippen LogP contribution in [0.2, 0.25) is 0 Å². The Morgan fingerprint density at radius 2 is 1.63 bits per heavy atom. The number of para-hydroxylation sites is 2. The topological polar surface area (TPSA) is 103 Å². The number of benzene rings is 3. The molecule has 2 heterocycles. The highest BCUT2D eigenvalue weighted by atomic mass is 16.2. The van der Waals surface area contributed by atoms with E-state index in [-0.39, 0.29) is 29.6 Å². The van der Waals surface area contributed by atoms with Crippen molar-refractivity contribution < 1.29 is 9.59 Å². The molecular formula is C41H50N6O2. The van der Waals surface area contributed by atoms with Crippen LogP contribution in [0.25, 0.3) is 21.8 Å². The number of carbonyl (C=O) groups excluding carboxylic acids is 2. The van der Waals surface area contributed by atoms with Crippen LogP contribution >= 0.6 is 0 Å². The first kappa shape index (κ1) is 34.2. The largest absolute Gasteiger partial charge is 0.362 e. The number of amides is 1. The van der Waals surface area contributed by atoms with Crippen LogP contribution in [-0.4, -0.2) is 53.3 Å². The van der Waals surface area contributed by atoms with Gasteiger partial charge in [-0.25, -0.2) is 4.98 Å². The standard InChI is InChI=1S/C41H50N6O2/c1-7-27-11-10-13-31-34(25-42-37(27)31)33(23-36(48)28-17-19-29(20-18-28)41(2,3)4)39(49)43-24-26-15-21-30(22-16-26)44-40-45-35-14-9-8-12-32(35)38(46-40)47(5)6/h8-14,17-20,25-26,30,33,42H,7,15-16,21-24H2,1-6H3,(H,43,49)(H,44,45,46). The molecule has 0 aliphatic heterocycles. The quantitative estimate of drug-likeness (QED) is 0.124. The number of aromatic nitrogens is 3. The Hall–Kier alpha value is -4.72. The average molecular weight is 659 g/mol. The molecule has 1 aliphatic carbocycles. The Kier molecular flexibility index (Phi) is 10.0. The minimum atomic E-state index is -0.593. The monoisotopic (exact) mass is 658 g/mol. The molecule has 49 heavy (non-hydrogen) atoms. The Morgan fingerprint density at radius 1 is 0.918 bits per heavy atom. The van der Waals surface area contributed by atoms with E-state index in [0.29, 0.717) is 24.0 Å². The third-order valence-corrected chi connectivity index (χ3v) is 10.1. The third-order valence-electron chi connectivity index (χ3n) is 10.1. The van der Waals surface area contributed by atoms with Gasteiger partial charge >= 0.3 is 0 Å². The average Bonchev–Trinajstić information content (AvgIpc) is 3.53. The number of carbonyl (C=O) groups is 2. The number of aryl methyl sites for hydroxylation is 1. The number of anilines is 2. The fourth-order valence-electron chi connectivity index (χ4n) is 7.15. The summed E-state index contributed by atoms with van der Waals surface area (Å²) in [6.07, 6.45) is 6.85. The second-order valence-corrected chi connectivity index (χ2v) is 14.8. The molecule has 2 aromatic heterocycles. The van der Waals surface area contributed by atoms with Gasteiger partial charge in [0, 0.05) is 61.2 Å². The van der Waals surface area contributed by atoms with Gasteiger partial charge in [-0.15, -0.1) is 0 Å². The molecule has 1 saturated carbocycles. The Balaban J connectivity index is 1.12. The summed E-state index contributed by atoms with van der Waals surface area (Å²) in [6, 6.07) is 22.4. The molecule has 1 amide bonds. The maximum Gasteiger partial charge on any atom is 0.228 e. The summed E-state index contributed by atoms with van der Waals surface area (Å²) in [5, 5.41) is 8.90. The lowest BCUT2D eigenvalue weighted by Gasteiger charge is -2.30. The first-order chi connectivity index (χ1) is 23.5. The smallest absolute Gasteiger partial charge is 0.228 e. The first-order valence-corrected chi connectivity index (χ1v) is 17.7. The predicted octanol–water partition coefficient (Wildman–Crippen LogP) is 8.18. The normalized spacial score (nSPS) is 17.2. The SMILES string of the molecule is CCc1cccc2c(C(CC(=O)c3ccc(C(C)(C)C)cc3)C(=O)NCC3CCC(Nc4nc(N(C)C)c5ccccc5n4)CC3)c[nH]c12. The van der Waals surface area contributed by atoms with Crippen molar-refractivity contribution in [1.29, 1.82) is 0 Å². The Bertz CT molecular complexity index is 1930. The van der Waals surface area contributed by atoms with Crippen molar-refractivity contribution in [2.75, 3.05) is 30.9 Å². The van der Waals surface area contributed by atoms with E-state index in [9.17, 15) is 9.59 Å². The van der Waals surface area contributed by atoms with E-state index in [1.807, 2.05) is 73.7 Å². The van der Waals surface area contributed by atoms with E-state index in [1.165, 1.54) is 11.1 Å². The highest BCUT2D eigenvalue weighted by molar-refractivity contribution is 6.02. The van der Waals surface area contributed by atoms with E-state index >= 15 is 0 Å². The molecule has 256 valence electrons. The summed E-state index contributed by atoms with van der Waals surface area (Å²) in [4.78, 5) is 42.8. The predicted molar refractivity (Wildman–Crippen MR) is 201 cm³/mol. The van der Waals surface area contributed by atoms with Gasteiger partial charge in [0.1, 0.15) is 5.82 Å². The van der Waals surface area contributed by atoms with E-state index in [2.05, 4.69) is 61.5 Å². The van der Waals surface area contributed by atoms with Gasteiger partial charge in [-0.2, -0.15) is 4.98 Å². The number of ketones is 1.